The van der Waals surface area contributed by atoms with Gasteiger partial charge in [-0.3, -0.25) is 9.78 Å². The zero-order chi connectivity index (χ0) is 22.9. The summed E-state index contributed by atoms with van der Waals surface area (Å²) in [6.07, 6.45) is 5.22. The standard InChI is InChI=1S/C22H18FN5O3S/c1-32(30,31)21-19(5-3-9-26-21)28(22(29)15-4-2-8-25-12-15)13-14-10-17(23)16-6-7-20(24)27-18(16)11-14/h2-12H,13H2,1H3,(H2,24,27). The minimum absolute atomic E-state index is 0.0740. The summed E-state index contributed by atoms with van der Waals surface area (Å²) in [7, 11) is -3.76. The van der Waals surface area contributed by atoms with Gasteiger partial charge in [0.05, 0.1) is 23.3 Å². The summed E-state index contributed by atoms with van der Waals surface area (Å²) < 4.78 is 39.4. The van der Waals surface area contributed by atoms with Crippen molar-refractivity contribution in [2.75, 3.05) is 16.9 Å². The van der Waals surface area contributed by atoms with E-state index in [1.807, 2.05) is 0 Å². The van der Waals surface area contributed by atoms with Crippen molar-refractivity contribution in [1.82, 2.24) is 15.0 Å². The van der Waals surface area contributed by atoms with Crippen LogP contribution in [0.4, 0.5) is 15.9 Å². The van der Waals surface area contributed by atoms with E-state index in [4.69, 9.17) is 5.73 Å². The van der Waals surface area contributed by atoms with Gasteiger partial charge in [-0.2, -0.15) is 0 Å². The summed E-state index contributed by atoms with van der Waals surface area (Å²) in [5.41, 5.74) is 6.76. The lowest BCUT2D eigenvalue weighted by Gasteiger charge is -2.24. The molecule has 162 valence electrons. The maximum absolute atomic E-state index is 14.7. The molecular weight excluding hydrogens is 433 g/mol. The highest BCUT2D eigenvalue weighted by molar-refractivity contribution is 7.90. The number of nitrogen functional groups attached to an aromatic ring is 1. The van der Waals surface area contributed by atoms with Crippen LogP contribution in [0, 0.1) is 5.82 Å². The number of fused-ring (bicyclic) bond motifs is 1. The largest absolute Gasteiger partial charge is 0.384 e. The molecule has 0 saturated heterocycles. The summed E-state index contributed by atoms with van der Waals surface area (Å²) in [6.45, 7) is -0.134. The number of pyridine rings is 3. The number of halogens is 1. The van der Waals surface area contributed by atoms with Crippen molar-refractivity contribution in [2.24, 2.45) is 0 Å². The monoisotopic (exact) mass is 451 g/mol. The molecule has 0 atom stereocenters. The molecule has 0 radical (unpaired) electrons. The third-order valence-electron chi connectivity index (χ3n) is 4.73. The molecule has 3 heterocycles. The second-order valence-corrected chi connectivity index (χ2v) is 9.04. The summed E-state index contributed by atoms with van der Waals surface area (Å²) >= 11 is 0. The van der Waals surface area contributed by atoms with Crippen LogP contribution >= 0.6 is 0 Å². The number of aromatic nitrogens is 3. The quantitative estimate of drug-likeness (QED) is 0.495. The van der Waals surface area contributed by atoms with Crippen molar-refractivity contribution in [3.8, 4) is 0 Å². The molecule has 0 aliphatic heterocycles. The van der Waals surface area contributed by atoms with Gasteiger partial charge in [0.1, 0.15) is 11.6 Å². The Balaban J connectivity index is 1.86. The Hall–Kier alpha value is -3.92. The van der Waals surface area contributed by atoms with E-state index in [0.29, 0.717) is 11.1 Å². The minimum atomic E-state index is -3.76. The van der Waals surface area contributed by atoms with Crippen molar-refractivity contribution in [3.63, 3.8) is 0 Å². The van der Waals surface area contributed by atoms with E-state index < -0.39 is 21.6 Å². The Bertz CT molecular complexity index is 1430. The highest BCUT2D eigenvalue weighted by atomic mass is 32.2. The smallest absolute Gasteiger partial charge is 0.260 e. The Morgan fingerprint density at radius 1 is 1.12 bits per heavy atom. The highest BCUT2D eigenvalue weighted by Crippen LogP contribution is 2.28. The first-order valence-electron chi connectivity index (χ1n) is 9.45. The van der Waals surface area contributed by atoms with Gasteiger partial charge in [0.25, 0.3) is 5.91 Å². The van der Waals surface area contributed by atoms with Crippen LogP contribution in [0.15, 0.2) is 72.1 Å². The zero-order valence-corrected chi connectivity index (χ0v) is 17.8. The number of sulfone groups is 1. The van der Waals surface area contributed by atoms with Crippen LogP contribution in [0.1, 0.15) is 15.9 Å². The summed E-state index contributed by atoms with van der Waals surface area (Å²) in [5, 5.41) is 0.0205. The van der Waals surface area contributed by atoms with Crippen LogP contribution in [0.5, 0.6) is 0 Å². The predicted octanol–water partition coefficient (Wildman–Crippen LogP) is 3.00. The first kappa shape index (κ1) is 21.3. The van der Waals surface area contributed by atoms with Crippen molar-refractivity contribution < 1.29 is 17.6 Å². The molecular formula is C22H18FN5O3S. The van der Waals surface area contributed by atoms with E-state index >= 15 is 0 Å². The second-order valence-electron chi connectivity index (χ2n) is 7.11. The Morgan fingerprint density at radius 2 is 1.91 bits per heavy atom. The number of amides is 1. The van der Waals surface area contributed by atoms with E-state index in [1.54, 1.807) is 18.2 Å². The van der Waals surface area contributed by atoms with Gasteiger partial charge in [-0.15, -0.1) is 0 Å². The van der Waals surface area contributed by atoms with Gasteiger partial charge in [0.15, 0.2) is 14.9 Å². The minimum Gasteiger partial charge on any atom is -0.384 e. The van der Waals surface area contributed by atoms with E-state index in [0.717, 1.165) is 6.26 Å². The van der Waals surface area contributed by atoms with Crippen molar-refractivity contribution >= 4 is 38.2 Å². The summed E-state index contributed by atoms with van der Waals surface area (Å²) in [5.74, 6) is -0.825. The molecule has 4 rings (SSSR count). The topological polar surface area (TPSA) is 119 Å². The Kier molecular flexibility index (Phi) is 5.54. The second kappa shape index (κ2) is 8.31. The molecule has 32 heavy (non-hydrogen) atoms. The molecule has 2 N–H and O–H groups in total. The van der Waals surface area contributed by atoms with Crippen LogP contribution in [-0.2, 0) is 16.4 Å². The molecule has 3 aromatic heterocycles. The van der Waals surface area contributed by atoms with Crippen molar-refractivity contribution in [3.05, 3.63) is 84.1 Å². The van der Waals surface area contributed by atoms with Gasteiger partial charge in [0.2, 0.25) is 0 Å². The van der Waals surface area contributed by atoms with Gasteiger partial charge in [0, 0.05) is 30.2 Å². The van der Waals surface area contributed by atoms with Crippen LogP contribution in [0.2, 0.25) is 0 Å². The fourth-order valence-corrected chi connectivity index (χ4v) is 4.13. The zero-order valence-electron chi connectivity index (χ0n) is 16.9. The predicted molar refractivity (Wildman–Crippen MR) is 118 cm³/mol. The number of carbonyl (C=O) groups is 1. The third-order valence-corrected chi connectivity index (χ3v) is 5.74. The average molecular weight is 451 g/mol. The molecule has 0 saturated carbocycles. The van der Waals surface area contributed by atoms with E-state index in [1.165, 1.54) is 53.8 Å². The van der Waals surface area contributed by atoms with Crippen LogP contribution in [-0.4, -0.2) is 35.5 Å². The molecule has 0 aliphatic carbocycles. The first-order chi connectivity index (χ1) is 15.2. The van der Waals surface area contributed by atoms with E-state index in [2.05, 4.69) is 15.0 Å². The van der Waals surface area contributed by atoms with Crippen LogP contribution in [0.25, 0.3) is 10.9 Å². The number of nitrogens with zero attached hydrogens (tertiary/aromatic N) is 4. The average Bonchev–Trinajstić information content (AvgIpc) is 2.77. The van der Waals surface area contributed by atoms with E-state index in [-0.39, 0.29) is 34.0 Å². The summed E-state index contributed by atoms with van der Waals surface area (Å²) in [6, 6.07) is 12.1. The molecule has 0 bridgehead atoms. The van der Waals surface area contributed by atoms with Gasteiger partial charge in [-0.05, 0) is 54.1 Å². The molecule has 1 amide bonds. The fourth-order valence-electron chi connectivity index (χ4n) is 3.32. The molecule has 4 aromatic rings. The number of rotatable bonds is 5. The lowest BCUT2D eigenvalue weighted by Crippen LogP contribution is -2.32. The molecule has 0 fully saturated rings. The third kappa shape index (κ3) is 4.26. The van der Waals surface area contributed by atoms with Gasteiger partial charge < -0.3 is 10.6 Å². The number of carbonyl (C=O) groups excluding carboxylic acids is 1. The number of hydrogen-bond acceptors (Lipinski definition) is 7. The fraction of sp³-hybridized carbons (Fsp3) is 0.0909. The Labute approximate surface area is 183 Å². The van der Waals surface area contributed by atoms with Crippen molar-refractivity contribution in [1.29, 1.82) is 0 Å². The van der Waals surface area contributed by atoms with Gasteiger partial charge >= 0.3 is 0 Å². The number of benzene rings is 1. The number of hydrogen-bond donors (Lipinski definition) is 1. The molecule has 0 unspecified atom stereocenters. The number of nitrogens with two attached hydrogens (primary N) is 1. The van der Waals surface area contributed by atoms with Crippen LogP contribution < -0.4 is 10.6 Å². The maximum atomic E-state index is 14.7. The normalized spacial score (nSPS) is 11.4. The molecule has 8 nitrogen and oxygen atoms in total. The maximum Gasteiger partial charge on any atom is 0.260 e. The highest BCUT2D eigenvalue weighted by Gasteiger charge is 2.26. The van der Waals surface area contributed by atoms with Crippen LogP contribution in [0.3, 0.4) is 0 Å². The van der Waals surface area contributed by atoms with E-state index in [9.17, 15) is 17.6 Å². The lowest BCUT2D eigenvalue weighted by atomic mass is 10.1. The first-order valence-corrected chi connectivity index (χ1v) is 11.3. The SMILES string of the molecule is CS(=O)(=O)c1ncccc1N(Cc1cc(F)c2ccc(N)nc2c1)C(=O)c1cccnc1. The Morgan fingerprint density at radius 3 is 2.62 bits per heavy atom. The molecule has 10 heteroatoms. The summed E-state index contributed by atoms with van der Waals surface area (Å²) in [4.78, 5) is 26.7. The molecule has 0 aliphatic rings. The number of anilines is 2. The molecule has 0 spiro atoms. The van der Waals surface area contributed by atoms with Gasteiger partial charge in [-0.25, -0.2) is 22.8 Å². The van der Waals surface area contributed by atoms with Crippen molar-refractivity contribution in [2.45, 2.75) is 11.6 Å². The van der Waals surface area contributed by atoms with Gasteiger partial charge in [-0.1, -0.05) is 0 Å². The molecule has 1 aromatic carbocycles. The lowest BCUT2D eigenvalue weighted by molar-refractivity contribution is 0.0984.